The first-order valence-corrected chi connectivity index (χ1v) is 7.64. The van der Waals surface area contributed by atoms with E-state index in [1.807, 2.05) is 12.3 Å². The number of nitrogens with one attached hydrogen (secondary N) is 1. The van der Waals surface area contributed by atoms with Gasteiger partial charge in [0, 0.05) is 12.3 Å². The van der Waals surface area contributed by atoms with Crippen molar-refractivity contribution in [3.05, 3.63) is 12.2 Å². The van der Waals surface area contributed by atoms with E-state index in [1.54, 1.807) is 17.8 Å². The largest absolute Gasteiger partial charge is 0.352 e. The topological polar surface area (TPSA) is 29.1 Å². The summed E-state index contributed by atoms with van der Waals surface area (Å²) >= 11 is 1.74. The Morgan fingerprint density at radius 2 is 2.00 bits per heavy atom. The summed E-state index contributed by atoms with van der Waals surface area (Å²) in [6.45, 7) is 2.99. The quantitative estimate of drug-likeness (QED) is 0.471. The van der Waals surface area contributed by atoms with Crippen molar-refractivity contribution in [3.8, 4) is 0 Å². The van der Waals surface area contributed by atoms with Crippen molar-refractivity contribution < 1.29 is 4.79 Å². The van der Waals surface area contributed by atoms with Gasteiger partial charge in [0.2, 0.25) is 5.91 Å². The van der Waals surface area contributed by atoms with Crippen molar-refractivity contribution >= 4 is 17.7 Å². The third-order valence-corrected chi connectivity index (χ3v) is 2.96. The standard InChI is InChI=1S/C13H25NOS/c1-3-4-5-6-7-8-9-10-13(15)14-11-12-16-2/h9-10H,3-8,11-12H2,1-2H3,(H,14,15)/b10-9+. The molecule has 0 heterocycles. The van der Waals surface area contributed by atoms with Crippen LogP contribution in [-0.2, 0) is 4.79 Å². The van der Waals surface area contributed by atoms with E-state index in [0.29, 0.717) is 0 Å². The molecule has 0 fully saturated rings. The van der Waals surface area contributed by atoms with Crippen LogP contribution < -0.4 is 5.32 Å². The van der Waals surface area contributed by atoms with Crippen molar-refractivity contribution in [2.75, 3.05) is 18.6 Å². The van der Waals surface area contributed by atoms with Gasteiger partial charge in [0.05, 0.1) is 0 Å². The molecule has 2 nitrogen and oxygen atoms in total. The first-order valence-electron chi connectivity index (χ1n) is 6.24. The summed E-state index contributed by atoms with van der Waals surface area (Å²) in [4.78, 5) is 11.2. The minimum absolute atomic E-state index is 0.0441. The Kier molecular flexibility index (Phi) is 12.3. The number of unbranched alkanes of at least 4 members (excludes halogenated alkanes) is 5. The van der Waals surface area contributed by atoms with Crippen LogP contribution in [0.25, 0.3) is 0 Å². The number of hydrogen-bond donors (Lipinski definition) is 1. The monoisotopic (exact) mass is 243 g/mol. The predicted octanol–water partition coefficient (Wildman–Crippen LogP) is 3.38. The Hall–Kier alpha value is -0.440. The van der Waals surface area contributed by atoms with Gasteiger partial charge in [0.1, 0.15) is 0 Å². The Balaban J connectivity index is 3.28. The van der Waals surface area contributed by atoms with Crippen molar-refractivity contribution in [3.63, 3.8) is 0 Å². The van der Waals surface area contributed by atoms with E-state index < -0.39 is 0 Å². The molecule has 1 amide bonds. The molecule has 0 aromatic rings. The highest BCUT2D eigenvalue weighted by atomic mass is 32.2. The van der Waals surface area contributed by atoms with Gasteiger partial charge in [-0.1, -0.05) is 38.7 Å². The summed E-state index contributed by atoms with van der Waals surface area (Å²) in [5.41, 5.74) is 0. The van der Waals surface area contributed by atoms with E-state index in [9.17, 15) is 4.79 Å². The van der Waals surface area contributed by atoms with Gasteiger partial charge in [0.25, 0.3) is 0 Å². The van der Waals surface area contributed by atoms with Gasteiger partial charge in [-0.05, 0) is 25.2 Å². The molecule has 0 aliphatic rings. The third kappa shape index (κ3) is 11.6. The minimum Gasteiger partial charge on any atom is -0.352 e. The van der Waals surface area contributed by atoms with Gasteiger partial charge in [-0.25, -0.2) is 0 Å². The fraction of sp³-hybridized carbons (Fsp3) is 0.769. The SMILES string of the molecule is CCCCCCC/C=C/C(=O)NCCSC. The number of carbonyl (C=O) groups excluding carboxylic acids is 1. The molecule has 0 spiro atoms. The molecular weight excluding hydrogens is 218 g/mol. The molecule has 0 bridgehead atoms. The summed E-state index contributed by atoms with van der Waals surface area (Å²) < 4.78 is 0. The molecule has 94 valence electrons. The zero-order valence-corrected chi connectivity index (χ0v) is 11.4. The van der Waals surface area contributed by atoms with Crippen LogP contribution in [0.1, 0.15) is 45.4 Å². The molecular formula is C13H25NOS. The molecule has 0 aromatic carbocycles. The average Bonchev–Trinajstić information content (AvgIpc) is 2.28. The van der Waals surface area contributed by atoms with Gasteiger partial charge < -0.3 is 5.32 Å². The van der Waals surface area contributed by atoms with E-state index in [-0.39, 0.29) is 5.91 Å². The van der Waals surface area contributed by atoms with Crippen LogP contribution in [-0.4, -0.2) is 24.5 Å². The lowest BCUT2D eigenvalue weighted by atomic mass is 10.1. The summed E-state index contributed by atoms with van der Waals surface area (Å²) in [7, 11) is 0. The van der Waals surface area contributed by atoms with Crippen LogP contribution >= 0.6 is 11.8 Å². The molecule has 1 N–H and O–H groups in total. The van der Waals surface area contributed by atoms with E-state index in [2.05, 4.69) is 12.2 Å². The second kappa shape index (κ2) is 12.6. The molecule has 3 heteroatoms. The molecule has 16 heavy (non-hydrogen) atoms. The second-order valence-electron chi connectivity index (χ2n) is 3.89. The predicted molar refractivity (Wildman–Crippen MR) is 73.9 cm³/mol. The normalized spacial score (nSPS) is 10.9. The maximum absolute atomic E-state index is 11.2. The fourth-order valence-corrected chi connectivity index (χ4v) is 1.70. The lowest BCUT2D eigenvalue weighted by molar-refractivity contribution is -0.116. The number of allylic oxidation sites excluding steroid dienone is 1. The van der Waals surface area contributed by atoms with Crippen LogP contribution in [0.15, 0.2) is 12.2 Å². The van der Waals surface area contributed by atoms with E-state index >= 15 is 0 Å². The van der Waals surface area contributed by atoms with Gasteiger partial charge in [-0.15, -0.1) is 0 Å². The summed E-state index contributed by atoms with van der Waals surface area (Å²) in [6.07, 6.45) is 13.1. The first-order chi connectivity index (χ1) is 7.81. The average molecular weight is 243 g/mol. The van der Waals surface area contributed by atoms with Crippen LogP contribution in [0.3, 0.4) is 0 Å². The van der Waals surface area contributed by atoms with Gasteiger partial charge in [-0.2, -0.15) is 11.8 Å². The number of thioether (sulfide) groups is 1. The maximum Gasteiger partial charge on any atom is 0.243 e. The van der Waals surface area contributed by atoms with Crippen molar-refractivity contribution in [2.24, 2.45) is 0 Å². The number of carbonyl (C=O) groups is 1. The first kappa shape index (κ1) is 15.6. The Morgan fingerprint density at radius 3 is 2.69 bits per heavy atom. The molecule has 0 radical (unpaired) electrons. The van der Waals surface area contributed by atoms with Crippen LogP contribution in [0.5, 0.6) is 0 Å². The van der Waals surface area contributed by atoms with Gasteiger partial charge in [-0.3, -0.25) is 4.79 Å². The van der Waals surface area contributed by atoms with E-state index in [0.717, 1.165) is 18.7 Å². The molecule has 0 atom stereocenters. The van der Waals surface area contributed by atoms with Crippen LogP contribution in [0.4, 0.5) is 0 Å². The molecule has 0 aliphatic heterocycles. The maximum atomic E-state index is 11.2. The highest BCUT2D eigenvalue weighted by Gasteiger charge is 1.92. The molecule has 0 unspecified atom stereocenters. The lowest BCUT2D eigenvalue weighted by Gasteiger charge is -1.99. The highest BCUT2D eigenvalue weighted by molar-refractivity contribution is 7.98. The molecule has 0 saturated heterocycles. The lowest BCUT2D eigenvalue weighted by Crippen LogP contribution is -2.23. The number of rotatable bonds is 10. The Morgan fingerprint density at radius 1 is 1.25 bits per heavy atom. The van der Waals surface area contributed by atoms with Gasteiger partial charge >= 0.3 is 0 Å². The summed E-state index contributed by atoms with van der Waals surface area (Å²) in [5.74, 6) is 1.03. The van der Waals surface area contributed by atoms with Crippen molar-refractivity contribution in [1.82, 2.24) is 5.32 Å². The Labute approximate surface area is 104 Å². The fourth-order valence-electron chi connectivity index (χ4n) is 1.39. The second-order valence-corrected chi connectivity index (χ2v) is 4.87. The highest BCUT2D eigenvalue weighted by Crippen LogP contribution is 2.05. The number of hydrogen-bond acceptors (Lipinski definition) is 2. The molecule has 0 rings (SSSR count). The van der Waals surface area contributed by atoms with Crippen molar-refractivity contribution in [2.45, 2.75) is 45.4 Å². The minimum atomic E-state index is 0.0441. The molecule has 0 saturated carbocycles. The van der Waals surface area contributed by atoms with Crippen LogP contribution in [0.2, 0.25) is 0 Å². The third-order valence-electron chi connectivity index (χ3n) is 2.35. The van der Waals surface area contributed by atoms with Gasteiger partial charge in [0.15, 0.2) is 0 Å². The summed E-state index contributed by atoms with van der Waals surface area (Å²) in [5, 5.41) is 2.85. The van der Waals surface area contributed by atoms with E-state index in [4.69, 9.17) is 0 Å². The van der Waals surface area contributed by atoms with Crippen LogP contribution in [0, 0.1) is 0 Å². The Bertz CT molecular complexity index is 192. The number of amides is 1. The molecule has 0 aliphatic carbocycles. The zero-order valence-electron chi connectivity index (χ0n) is 10.6. The molecule has 0 aromatic heterocycles. The smallest absolute Gasteiger partial charge is 0.243 e. The summed E-state index contributed by atoms with van der Waals surface area (Å²) in [6, 6.07) is 0. The van der Waals surface area contributed by atoms with Crippen molar-refractivity contribution in [1.29, 1.82) is 0 Å². The van der Waals surface area contributed by atoms with E-state index in [1.165, 1.54) is 32.1 Å². The zero-order chi connectivity index (χ0) is 12.1.